The molecule has 0 aromatic heterocycles. The van der Waals surface area contributed by atoms with Crippen LogP contribution in [0.3, 0.4) is 0 Å². The van der Waals surface area contributed by atoms with Crippen molar-refractivity contribution in [2.45, 2.75) is 19.4 Å². The predicted molar refractivity (Wildman–Crippen MR) is 48.3 cm³/mol. The van der Waals surface area contributed by atoms with Gasteiger partial charge in [0.1, 0.15) is 5.78 Å². The van der Waals surface area contributed by atoms with E-state index in [-0.39, 0.29) is 18.7 Å². The Morgan fingerprint density at radius 2 is 2.00 bits per heavy atom. The lowest BCUT2D eigenvalue weighted by Gasteiger charge is -2.09. The van der Waals surface area contributed by atoms with Crippen LogP contribution in [-0.2, 0) is 19.1 Å². The molecular formula is C8H14N2O4. The molecular weight excluding hydrogens is 188 g/mol. The molecule has 1 unspecified atom stereocenters. The van der Waals surface area contributed by atoms with Gasteiger partial charge in [-0.2, -0.15) is 0 Å². The Balaban J connectivity index is 3.87. The van der Waals surface area contributed by atoms with Gasteiger partial charge in [-0.3, -0.25) is 14.4 Å². The van der Waals surface area contributed by atoms with Crippen LogP contribution in [0.25, 0.3) is 0 Å². The maximum Gasteiger partial charge on any atom is 0.307 e. The Morgan fingerprint density at radius 3 is 2.43 bits per heavy atom. The SMILES string of the molecule is COC(=O)CC(N)C(=O)NCC(C)=O. The van der Waals surface area contributed by atoms with Crippen molar-refractivity contribution >= 4 is 17.7 Å². The third-order valence-corrected chi connectivity index (χ3v) is 1.46. The van der Waals surface area contributed by atoms with Gasteiger partial charge >= 0.3 is 5.97 Å². The fourth-order valence-corrected chi connectivity index (χ4v) is 0.698. The number of amides is 1. The molecule has 0 aliphatic rings. The van der Waals surface area contributed by atoms with E-state index in [2.05, 4.69) is 10.1 Å². The average molecular weight is 202 g/mol. The standard InChI is InChI=1S/C8H14N2O4/c1-5(11)4-10-8(13)6(9)3-7(12)14-2/h6H,3-4,9H2,1-2H3,(H,10,13). The molecule has 0 aromatic carbocycles. The first-order valence-corrected chi connectivity index (χ1v) is 4.07. The van der Waals surface area contributed by atoms with E-state index in [0.717, 1.165) is 0 Å². The van der Waals surface area contributed by atoms with Gasteiger partial charge in [0, 0.05) is 0 Å². The number of nitrogens with one attached hydrogen (secondary N) is 1. The minimum absolute atomic E-state index is 0.0757. The van der Waals surface area contributed by atoms with E-state index in [4.69, 9.17) is 5.73 Å². The second kappa shape index (κ2) is 6.09. The topological polar surface area (TPSA) is 98.5 Å². The lowest BCUT2D eigenvalue weighted by molar-refractivity contribution is -0.142. The molecule has 0 radical (unpaired) electrons. The van der Waals surface area contributed by atoms with Gasteiger partial charge in [-0.15, -0.1) is 0 Å². The highest BCUT2D eigenvalue weighted by Crippen LogP contribution is 1.90. The lowest BCUT2D eigenvalue weighted by Crippen LogP contribution is -2.43. The molecule has 0 rings (SSSR count). The van der Waals surface area contributed by atoms with Crippen LogP contribution in [0, 0.1) is 0 Å². The summed E-state index contributed by atoms with van der Waals surface area (Å²) in [4.78, 5) is 32.3. The van der Waals surface area contributed by atoms with Crippen molar-refractivity contribution in [2.24, 2.45) is 5.73 Å². The summed E-state index contributed by atoms with van der Waals surface area (Å²) >= 11 is 0. The van der Waals surface area contributed by atoms with Crippen LogP contribution in [0.4, 0.5) is 0 Å². The summed E-state index contributed by atoms with van der Waals surface area (Å²) in [6.07, 6.45) is -0.194. The number of hydrogen-bond donors (Lipinski definition) is 2. The molecule has 6 nitrogen and oxygen atoms in total. The lowest BCUT2D eigenvalue weighted by atomic mass is 10.2. The van der Waals surface area contributed by atoms with E-state index < -0.39 is 17.9 Å². The van der Waals surface area contributed by atoms with Gasteiger partial charge < -0.3 is 15.8 Å². The highest BCUT2D eigenvalue weighted by molar-refractivity contribution is 5.89. The zero-order valence-electron chi connectivity index (χ0n) is 8.20. The summed E-state index contributed by atoms with van der Waals surface area (Å²) in [7, 11) is 1.21. The number of Topliss-reactive ketones (excluding diaryl/α,β-unsaturated/α-hetero) is 1. The number of rotatable bonds is 5. The molecule has 6 heteroatoms. The third kappa shape index (κ3) is 5.26. The Hall–Kier alpha value is -1.43. The molecule has 0 fully saturated rings. The molecule has 14 heavy (non-hydrogen) atoms. The molecule has 0 saturated carbocycles. The highest BCUT2D eigenvalue weighted by atomic mass is 16.5. The third-order valence-electron chi connectivity index (χ3n) is 1.46. The Morgan fingerprint density at radius 1 is 1.43 bits per heavy atom. The second-order valence-electron chi connectivity index (χ2n) is 2.81. The Bertz CT molecular complexity index is 239. The molecule has 0 spiro atoms. The van der Waals surface area contributed by atoms with Crippen molar-refractivity contribution in [3.8, 4) is 0 Å². The minimum atomic E-state index is -0.971. The Kier molecular flexibility index (Phi) is 5.47. The molecule has 0 aromatic rings. The van der Waals surface area contributed by atoms with Gasteiger partial charge in [0.05, 0.1) is 26.1 Å². The minimum Gasteiger partial charge on any atom is -0.469 e. The number of nitrogens with two attached hydrogens (primary N) is 1. The highest BCUT2D eigenvalue weighted by Gasteiger charge is 2.17. The van der Waals surface area contributed by atoms with E-state index in [1.54, 1.807) is 0 Å². The molecule has 0 bridgehead atoms. The molecule has 0 aliphatic heterocycles. The van der Waals surface area contributed by atoms with E-state index in [9.17, 15) is 14.4 Å². The molecule has 1 amide bonds. The first-order valence-electron chi connectivity index (χ1n) is 4.07. The van der Waals surface area contributed by atoms with Crippen LogP contribution < -0.4 is 11.1 Å². The summed E-state index contributed by atoms with van der Waals surface area (Å²) in [6.45, 7) is 1.26. The van der Waals surface area contributed by atoms with E-state index >= 15 is 0 Å². The zero-order chi connectivity index (χ0) is 11.1. The smallest absolute Gasteiger partial charge is 0.307 e. The Labute approximate surface area is 81.8 Å². The molecule has 0 saturated heterocycles. The van der Waals surface area contributed by atoms with E-state index in [1.165, 1.54) is 14.0 Å². The normalized spacial score (nSPS) is 11.6. The number of carbonyl (C=O) groups excluding carboxylic acids is 3. The molecule has 3 N–H and O–H groups in total. The van der Waals surface area contributed by atoms with Crippen LogP contribution in [-0.4, -0.2) is 37.4 Å². The van der Waals surface area contributed by atoms with Crippen molar-refractivity contribution in [3.63, 3.8) is 0 Å². The van der Waals surface area contributed by atoms with Crippen molar-refractivity contribution in [1.82, 2.24) is 5.32 Å². The van der Waals surface area contributed by atoms with Gasteiger partial charge in [0.25, 0.3) is 0 Å². The predicted octanol–water partition coefficient (Wildman–Crippen LogP) is -1.42. The van der Waals surface area contributed by atoms with E-state index in [1.807, 2.05) is 0 Å². The molecule has 0 aliphatic carbocycles. The first-order chi connectivity index (χ1) is 6.47. The number of ether oxygens (including phenoxy) is 1. The van der Waals surface area contributed by atoms with Crippen molar-refractivity contribution in [1.29, 1.82) is 0 Å². The first kappa shape index (κ1) is 12.6. The number of ketones is 1. The van der Waals surface area contributed by atoms with Gasteiger partial charge in [0.15, 0.2) is 0 Å². The number of carbonyl (C=O) groups is 3. The van der Waals surface area contributed by atoms with Gasteiger partial charge in [-0.05, 0) is 6.92 Å². The van der Waals surface area contributed by atoms with Crippen LogP contribution in [0.2, 0.25) is 0 Å². The van der Waals surface area contributed by atoms with Crippen molar-refractivity contribution < 1.29 is 19.1 Å². The second-order valence-corrected chi connectivity index (χ2v) is 2.81. The van der Waals surface area contributed by atoms with Crippen molar-refractivity contribution in [2.75, 3.05) is 13.7 Å². The summed E-state index contributed by atoms with van der Waals surface area (Å²) in [6, 6.07) is -0.971. The number of methoxy groups -OCH3 is 1. The van der Waals surface area contributed by atoms with E-state index in [0.29, 0.717) is 0 Å². The van der Waals surface area contributed by atoms with Crippen LogP contribution in [0.5, 0.6) is 0 Å². The number of hydrogen-bond acceptors (Lipinski definition) is 5. The fraction of sp³-hybridized carbons (Fsp3) is 0.625. The molecule has 80 valence electrons. The average Bonchev–Trinajstić information content (AvgIpc) is 2.13. The summed E-state index contributed by atoms with van der Waals surface area (Å²) < 4.78 is 4.33. The fourth-order valence-electron chi connectivity index (χ4n) is 0.698. The van der Waals surface area contributed by atoms with Crippen LogP contribution >= 0.6 is 0 Å². The molecule has 1 atom stereocenters. The van der Waals surface area contributed by atoms with Gasteiger partial charge in [-0.1, -0.05) is 0 Å². The van der Waals surface area contributed by atoms with Gasteiger partial charge in [-0.25, -0.2) is 0 Å². The number of esters is 1. The molecule has 0 heterocycles. The van der Waals surface area contributed by atoms with Crippen LogP contribution in [0.1, 0.15) is 13.3 Å². The summed E-state index contributed by atoms with van der Waals surface area (Å²) in [5, 5.41) is 2.29. The maximum atomic E-state index is 11.1. The summed E-state index contributed by atoms with van der Waals surface area (Å²) in [5.74, 6) is -1.27. The quantitative estimate of drug-likeness (QED) is 0.533. The van der Waals surface area contributed by atoms with Crippen LogP contribution in [0.15, 0.2) is 0 Å². The zero-order valence-corrected chi connectivity index (χ0v) is 8.20. The monoisotopic (exact) mass is 202 g/mol. The maximum absolute atomic E-state index is 11.1. The summed E-state index contributed by atoms with van der Waals surface area (Å²) in [5.41, 5.74) is 5.36. The largest absolute Gasteiger partial charge is 0.469 e. The van der Waals surface area contributed by atoms with Crippen molar-refractivity contribution in [3.05, 3.63) is 0 Å². The van der Waals surface area contributed by atoms with Gasteiger partial charge in [0.2, 0.25) is 5.91 Å².